The third-order valence-electron chi connectivity index (χ3n) is 5.07. The molecule has 3 heterocycles. The summed E-state index contributed by atoms with van der Waals surface area (Å²) in [6, 6.07) is 4.60. The lowest BCUT2D eigenvalue weighted by Gasteiger charge is -2.26. The van der Waals surface area contributed by atoms with E-state index in [1.807, 2.05) is 0 Å². The minimum absolute atomic E-state index is 0.259. The number of piperidine rings is 1. The molecule has 150 valence electrons. The van der Waals surface area contributed by atoms with Crippen LogP contribution in [0.2, 0.25) is 0 Å². The molecule has 1 atom stereocenters. The lowest BCUT2D eigenvalue weighted by molar-refractivity contribution is -0.118. The van der Waals surface area contributed by atoms with Gasteiger partial charge in [0.05, 0.1) is 0 Å². The Morgan fingerprint density at radius 1 is 1.14 bits per heavy atom. The summed E-state index contributed by atoms with van der Waals surface area (Å²) in [5, 5.41) is 2.92. The van der Waals surface area contributed by atoms with Gasteiger partial charge in [-0.2, -0.15) is 4.98 Å². The van der Waals surface area contributed by atoms with Gasteiger partial charge in [0.25, 0.3) is 5.56 Å². The Kier molecular flexibility index (Phi) is 5.20. The number of anilines is 2. The van der Waals surface area contributed by atoms with E-state index in [1.54, 1.807) is 6.92 Å². The summed E-state index contributed by atoms with van der Waals surface area (Å²) in [7, 11) is 0. The maximum absolute atomic E-state index is 13.0. The Morgan fingerprint density at radius 3 is 2.59 bits per heavy atom. The van der Waals surface area contributed by atoms with E-state index in [-0.39, 0.29) is 10.9 Å². The van der Waals surface area contributed by atoms with E-state index in [4.69, 9.17) is 0 Å². The second kappa shape index (κ2) is 7.94. The maximum atomic E-state index is 13.0. The first kappa shape index (κ1) is 19.0. The van der Waals surface area contributed by atoms with Gasteiger partial charge in [-0.05, 0) is 50.5 Å². The lowest BCUT2D eigenvalue weighted by Crippen LogP contribution is -2.33. The minimum Gasteiger partial charge on any atom is -0.341 e. The van der Waals surface area contributed by atoms with Crippen molar-refractivity contribution in [1.82, 2.24) is 19.5 Å². The van der Waals surface area contributed by atoms with E-state index in [0.717, 1.165) is 25.9 Å². The summed E-state index contributed by atoms with van der Waals surface area (Å²) < 4.78 is 14.3. The number of nitrogens with one attached hydrogen (secondary N) is 1. The first-order chi connectivity index (χ1) is 14.0. The number of halogens is 1. The fourth-order valence-corrected chi connectivity index (χ4v) is 3.35. The van der Waals surface area contributed by atoms with Crippen molar-refractivity contribution in [3.8, 4) is 0 Å². The predicted octanol–water partition coefficient (Wildman–Crippen LogP) is 2.52. The number of nitrogens with zero attached hydrogens (tertiary/aromatic N) is 5. The molecule has 1 aliphatic rings. The summed E-state index contributed by atoms with van der Waals surface area (Å²) in [5.41, 5.74) is 0.370. The van der Waals surface area contributed by atoms with Crippen molar-refractivity contribution >= 4 is 28.6 Å². The Bertz CT molecular complexity index is 1090. The van der Waals surface area contributed by atoms with E-state index in [2.05, 4.69) is 25.2 Å². The van der Waals surface area contributed by atoms with Crippen LogP contribution in [0, 0.1) is 5.82 Å². The fourth-order valence-electron chi connectivity index (χ4n) is 3.35. The summed E-state index contributed by atoms with van der Waals surface area (Å²) in [5.74, 6) is -0.232. The van der Waals surface area contributed by atoms with E-state index < -0.39 is 17.8 Å². The van der Waals surface area contributed by atoms with Crippen LogP contribution in [0.25, 0.3) is 11.0 Å². The number of rotatable bonds is 4. The molecular weight excluding hydrogens is 375 g/mol. The van der Waals surface area contributed by atoms with Gasteiger partial charge in [-0.15, -0.1) is 0 Å². The maximum Gasteiger partial charge on any atom is 0.265 e. The molecule has 0 spiro atoms. The first-order valence-corrected chi connectivity index (χ1v) is 9.58. The molecule has 3 aromatic rings. The second-order valence-corrected chi connectivity index (χ2v) is 7.08. The molecule has 1 aliphatic heterocycles. The molecule has 0 aliphatic carbocycles. The van der Waals surface area contributed by atoms with Gasteiger partial charge in [0.2, 0.25) is 11.9 Å². The van der Waals surface area contributed by atoms with Crippen molar-refractivity contribution in [2.24, 2.45) is 0 Å². The van der Waals surface area contributed by atoms with Crippen molar-refractivity contribution in [2.75, 3.05) is 23.3 Å². The molecule has 1 amide bonds. The van der Waals surface area contributed by atoms with Gasteiger partial charge in [-0.25, -0.2) is 14.4 Å². The van der Waals surface area contributed by atoms with Crippen molar-refractivity contribution in [2.45, 2.75) is 32.2 Å². The van der Waals surface area contributed by atoms with Gasteiger partial charge < -0.3 is 10.2 Å². The summed E-state index contributed by atoms with van der Waals surface area (Å²) in [6.07, 6.45) is 6.19. The normalized spacial score (nSPS) is 15.3. The zero-order valence-electron chi connectivity index (χ0n) is 16.0. The molecule has 8 nitrogen and oxygen atoms in total. The van der Waals surface area contributed by atoms with Crippen molar-refractivity contribution in [3.63, 3.8) is 0 Å². The fraction of sp³-hybridized carbons (Fsp3) is 0.350. The molecule has 4 rings (SSSR count). The van der Waals surface area contributed by atoms with E-state index in [9.17, 15) is 14.0 Å². The van der Waals surface area contributed by atoms with Crippen LogP contribution in [-0.2, 0) is 4.79 Å². The number of hydrogen-bond donors (Lipinski definition) is 1. The Labute approximate surface area is 166 Å². The highest BCUT2D eigenvalue weighted by Crippen LogP contribution is 2.17. The number of carbonyl (C=O) groups excluding carboxylic acids is 1. The number of amides is 1. The third-order valence-corrected chi connectivity index (χ3v) is 5.07. The summed E-state index contributed by atoms with van der Waals surface area (Å²) >= 11 is 0. The van der Waals surface area contributed by atoms with Crippen LogP contribution in [0.5, 0.6) is 0 Å². The molecule has 1 N–H and O–H groups in total. The van der Waals surface area contributed by atoms with Crippen LogP contribution in [0.4, 0.5) is 16.0 Å². The monoisotopic (exact) mass is 396 g/mol. The quantitative estimate of drug-likeness (QED) is 0.728. The Balaban J connectivity index is 1.58. The smallest absolute Gasteiger partial charge is 0.265 e. The Hall–Kier alpha value is -3.36. The minimum atomic E-state index is -0.814. The average Bonchev–Trinajstić information content (AvgIpc) is 2.75. The molecule has 2 aromatic heterocycles. The van der Waals surface area contributed by atoms with Gasteiger partial charge in [0, 0.05) is 25.0 Å². The van der Waals surface area contributed by atoms with E-state index in [1.165, 1.54) is 47.8 Å². The number of hydrogen-bond acceptors (Lipinski definition) is 6. The average molecular weight is 396 g/mol. The third kappa shape index (κ3) is 3.94. The molecule has 0 unspecified atom stereocenters. The first-order valence-electron chi connectivity index (χ1n) is 9.58. The summed E-state index contributed by atoms with van der Waals surface area (Å²) in [6.45, 7) is 3.38. The largest absolute Gasteiger partial charge is 0.341 e. The number of aromatic nitrogens is 4. The van der Waals surface area contributed by atoms with Gasteiger partial charge >= 0.3 is 0 Å². The van der Waals surface area contributed by atoms with E-state index >= 15 is 0 Å². The Morgan fingerprint density at radius 2 is 1.86 bits per heavy atom. The highest BCUT2D eigenvalue weighted by Gasteiger charge is 2.20. The van der Waals surface area contributed by atoms with Gasteiger partial charge in [-0.1, -0.05) is 0 Å². The molecular formula is C20H21FN6O2. The van der Waals surface area contributed by atoms with Gasteiger partial charge in [0.15, 0.2) is 5.65 Å². The standard InChI is InChI=1S/C20H21FN6O2/c1-13(18(28)24-15-7-5-14(21)6-8-15)27-12-23-17-16(19(27)29)11-22-20(25-17)26-9-3-2-4-10-26/h5-8,11-13H,2-4,9-10H2,1H3,(H,24,28)/t13-/m0/s1. The van der Waals surface area contributed by atoms with Crippen LogP contribution in [0.1, 0.15) is 32.2 Å². The highest BCUT2D eigenvalue weighted by atomic mass is 19.1. The number of benzene rings is 1. The molecule has 29 heavy (non-hydrogen) atoms. The van der Waals surface area contributed by atoms with Crippen molar-refractivity contribution < 1.29 is 9.18 Å². The number of fused-ring (bicyclic) bond motifs is 1. The van der Waals surface area contributed by atoms with Crippen molar-refractivity contribution in [3.05, 3.63) is 53.0 Å². The van der Waals surface area contributed by atoms with Gasteiger partial charge in [0.1, 0.15) is 23.6 Å². The van der Waals surface area contributed by atoms with Crippen LogP contribution >= 0.6 is 0 Å². The molecule has 1 saturated heterocycles. The topological polar surface area (TPSA) is 93.0 Å². The van der Waals surface area contributed by atoms with Crippen LogP contribution in [0.15, 0.2) is 41.6 Å². The van der Waals surface area contributed by atoms with Crippen LogP contribution in [-0.4, -0.2) is 38.5 Å². The highest BCUT2D eigenvalue weighted by molar-refractivity contribution is 5.93. The molecule has 1 aromatic carbocycles. The number of carbonyl (C=O) groups is 1. The zero-order chi connectivity index (χ0) is 20.4. The SMILES string of the molecule is C[C@@H](C(=O)Nc1ccc(F)cc1)n1cnc2nc(N3CCCCC3)ncc2c1=O. The van der Waals surface area contributed by atoms with Crippen molar-refractivity contribution in [1.29, 1.82) is 0 Å². The van der Waals surface area contributed by atoms with Crippen LogP contribution < -0.4 is 15.8 Å². The molecule has 0 radical (unpaired) electrons. The molecule has 0 bridgehead atoms. The molecule has 1 fully saturated rings. The van der Waals surface area contributed by atoms with Gasteiger partial charge in [-0.3, -0.25) is 14.2 Å². The van der Waals surface area contributed by atoms with E-state index in [0.29, 0.717) is 17.3 Å². The summed E-state index contributed by atoms with van der Waals surface area (Å²) in [4.78, 5) is 40.5. The van der Waals surface area contributed by atoms with Crippen LogP contribution in [0.3, 0.4) is 0 Å². The molecule has 9 heteroatoms. The predicted molar refractivity (Wildman–Crippen MR) is 107 cm³/mol. The zero-order valence-corrected chi connectivity index (χ0v) is 16.0. The lowest BCUT2D eigenvalue weighted by atomic mass is 10.1. The second-order valence-electron chi connectivity index (χ2n) is 7.08. The molecule has 0 saturated carbocycles.